The summed E-state index contributed by atoms with van der Waals surface area (Å²) in [5.74, 6) is 0.701. The summed E-state index contributed by atoms with van der Waals surface area (Å²) in [4.78, 5) is 0. The molecule has 0 atom stereocenters. The van der Waals surface area contributed by atoms with E-state index in [9.17, 15) is 0 Å². The lowest BCUT2D eigenvalue weighted by Crippen LogP contribution is -1.84. The first kappa shape index (κ1) is 5.88. The third-order valence-corrected chi connectivity index (χ3v) is 1.000. The zero-order valence-corrected chi connectivity index (χ0v) is 5.16. The molecule has 3 nitrogen and oxygen atoms in total. The summed E-state index contributed by atoms with van der Waals surface area (Å²) >= 11 is 0. The van der Waals surface area contributed by atoms with Crippen molar-refractivity contribution in [3.8, 4) is 5.75 Å². The lowest BCUT2D eigenvalue weighted by molar-refractivity contribution is 0.569. The summed E-state index contributed by atoms with van der Waals surface area (Å²) < 4.78 is 6.61. The van der Waals surface area contributed by atoms with Crippen LogP contribution < -0.4 is 4.74 Å². The van der Waals surface area contributed by atoms with Gasteiger partial charge in [0.2, 0.25) is 0 Å². The van der Waals surface area contributed by atoms with E-state index >= 15 is 0 Å². The maximum atomic E-state index is 6.59. The molecule has 0 aliphatic heterocycles. The van der Waals surface area contributed by atoms with Crippen LogP contribution in [0.15, 0.2) is 18.5 Å². The van der Waals surface area contributed by atoms with E-state index in [0.717, 1.165) is 6.40 Å². The van der Waals surface area contributed by atoms with E-state index in [1.54, 1.807) is 12.3 Å². The molecule has 3 heteroatoms. The van der Waals surface area contributed by atoms with E-state index < -0.39 is 0 Å². The van der Waals surface area contributed by atoms with Gasteiger partial charge in [0.25, 0.3) is 0 Å². The zero-order valence-electron chi connectivity index (χ0n) is 5.16. The number of aromatic nitrogens is 1. The topological polar surface area (TPSA) is 38.0 Å². The summed E-state index contributed by atoms with van der Waals surface area (Å²) in [6.07, 6.45) is 4.57. The molecule has 0 unspecified atom stereocenters. The van der Waals surface area contributed by atoms with E-state index in [2.05, 4.69) is 0 Å². The zero-order chi connectivity index (χ0) is 6.69. The van der Waals surface area contributed by atoms with Gasteiger partial charge in [0.1, 0.15) is 5.75 Å². The Balaban J connectivity index is 2.72. The molecule has 1 aromatic heterocycles. The van der Waals surface area contributed by atoms with E-state index in [0.29, 0.717) is 5.75 Å². The molecule has 0 saturated heterocycles. The Morgan fingerprint density at radius 2 is 2.56 bits per heavy atom. The van der Waals surface area contributed by atoms with E-state index in [1.807, 2.05) is 17.8 Å². The minimum absolute atomic E-state index is 0.701. The first-order valence-corrected chi connectivity index (χ1v) is 2.60. The van der Waals surface area contributed by atoms with Crippen molar-refractivity contribution in [1.82, 2.24) is 4.57 Å². The molecule has 1 N–H and O–H groups in total. The first-order chi connectivity index (χ1) is 4.33. The molecule has 9 heavy (non-hydrogen) atoms. The fraction of sp³-hybridized carbons (Fsp3) is 0.167. The Morgan fingerprint density at radius 1 is 1.78 bits per heavy atom. The molecule has 1 aromatic rings. The monoisotopic (exact) mass is 124 g/mol. The average molecular weight is 124 g/mol. The predicted molar refractivity (Wildman–Crippen MR) is 34.8 cm³/mol. The highest BCUT2D eigenvalue weighted by atomic mass is 16.5. The molecule has 0 spiro atoms. The Hall–Kier alpha value is -1.25. The van der Waals surface area contributed by atoms with Gasteiger partial charge in [-0.3, -0.25) is 5.41 Å². The number of aryl methyl sites for hydroxylation is 1. The molecule has 0 fully saturated rings. The fourth-order valence-corrected chi connectivity index (χ4v) is 0.616. The van der Waals surface area contributed by atoms with Crippen molar-refractivity contribution in [2.24, 2.45) is 7.05 Å². The molecule has 1 rings (SSSR count). The molecule has 0 aliphatic carbocycles. The Labute approximate surface area is 53.4 Å². The average Bonchev–Trinajstić information content (AvgIpc) is 2.17. The summed E-state index contributed by atoms with van der Waals surface area (Å²) in [6, 6.07) is 1.80. The van der Waals surface area contributed by atoms with Crippen LogP contribution in [0.2, 0.25) is 0 Å². The standard InChI is InChI=1S/C6H8N2O/c1-8-3-2-6(4-8)9-5-7/h2-5,7H,1H3. The molecule has 0 amide bonds. The van der Waals surface area contributed by atoms with Crippen LogP contribution in [-0.4, -0.2) is 11.0 Å². The largest absolute Gasteiger partial charge is 0.445 e. The van der Waals surface area contributed by atoms with Crippen LogP contribution in [0.4, 0.5) is 0 Å². The predicted octanol–water partition coefficient (Wildman–Crippen LogP) is 1.01. The Kier molecular flexibility index (Phi) is 1.53. The lowest BCUT2D eigenvalue weighted by Gasteiger charge is -1.89. The SMILES string of the molecule is Cn1ccc(OC=N)c1. The third-order valence-electron chi connectivity index (χ3n) is 1.000. The van der Waals surface area contributed by atoms with Crippen LogP contribution in [-0.2, 0) is 7.05 Å². The van der Waals surface area contributed by atoms with Gasteiger partial charge >= 0.3 is 0 Å². The molecular formula is C6H8N2O. The van der Waals surface area contributed by atoms with Crippen molar-refractivity contribution >= 4 is 6.40 Å². The van der Waals surface area contributed by atoms with Crippen LogP contribution in [0.3, 0.4) is 0 Å². The van der Waals surface area contributed by atoms with Crippen LogP contribution in [0.1, 0.15) is 0 Å². The highest BCUT2D eigenvalue weighted by Gasteiger charge is 1.89. The number of hydrogen-bond donors (Lipinski definition) is 1. The van der Waals surface area contributed by atoms with Crippen molar-refractivity contribution in [3.05, 3.63) is 18.5 Å². The quantitative estimate of drug-likeness (QED) is 0.463. The van der Waals surface area contributed by atoms with Crippen molar-refractivity contribution in [2.75, 3.05) is 0 Å². The smallest absolute Gasteiger partial charge is 0.173 e. The lowest BCUT2D eigenvalue weighted by atomic mass is 10.6. The van der Waals surface area contributed by atoms with Gasteiger partial charge in [-0.2, -0.15) is 0 Å². The van der Waals surface area contributed by atoms with Gasteiger partial charge in [0.15, 0.2) is 6.40 Å². The second kappa shape index (κ2) is 2.35. The van der Waals surface area contributed by atoms with Gasteiger partial charge in [-0.25, -0.2) is 0 Å². The van der Waals surface area contributed by atoms with Gasteiger partial charge in [-0.1, -0.05) is 0 Å². The second-order valence-electron chi connectivity index (χ2n) is 1.75. The molecule has 0 bridgehead atoms. The molecule has 0 saturated carbocycles. The maximum absolute atomic E-state index is 6.59. The number of nitrogens with one attached hydrogen (secondary N) is 1. The molecule has 0 aromatic carbocycles. The van der Waals surface area contributed by atoms with E-state index in [4.69, 9.17) is 10.1 Å². The minimum Gasteiger partial charge on any atom is -0.445 e. The summed E-state index contributed by atoms with van der Waals surface area (Å²) in [5.41, 5.74) is 0. The summed E-state index contributed by atoms with van der Waals surface area (Å²) in [6.45, 7) is 0. The van der Waals surface area contributed by atoms with Crippen LogP contribution in [0.5, 0.6) is 5.75 Å². The van der Waals surface area contributed by atoms with Gasteiger partial charge < -0.3 is 9.30 Å². The molecule has 1 heterocycles. The van der Waals surface area contributed by atoms with Gasteiger partial charge in [-0.15, -0.1) is 0 Å². The van der Waals surface area contributed by atoms with Crippen LogP contribution in [0, 0.1) is 5.41 Å². The fourth-order valence-electron chi connectivity index (χ4n) is 0.616. The van der Waals surface area contributed by atoms with E-state index in [1.165, 1.54) is 0 Å². The number of ether oxygens (including phenoxy) is 1. The van der Waals surface area contributed by atoms with Crippen molar-refractivity contribution in [1.29, 1.82) is 5.41 Å². The highest BCUT2D eigenvalue weighted by molar-refractivity contribution is 5.47. The molecule has 0 radical (unpaired) electrons. The summed E-state index contributed by atoms with van der Waals surface area (Å²) in [7, 11) is 1.90. The first-order valence-electron chi connectivity index (χ1n) is 2.60. The normalized spacial score (nSPS) is 9.00. The minimum atomic E-state index is 0.701. The highest BCUT2D eigenvalue weighted by Crippen LogP contribution is 2.07. The van der Waals surface area contributed by atoms with Crippen LogP contribution in [0.25, 0.3) is 0 Å². The second-order valence-corrected chi connectivity index (χ2v) is 1.75. The van der Waals surface area contributed by atoms with Gasteiger partial charge in [-0.05, 0) is 6.07 Å². The summed E-state index contributed by atoms with van der Waals surface area (Å²) in [5, 5.41) is 6.59. The maximum Gasteiger partial charge on any atom is 0.173 e. The third kappa shape index (κ3) is 1.32. The Morgan fingerprint density at radius 3 is 3.00 bits per heavy atom. The van der Waals surface area contributed by atoms with Crippen molar-refractivity contribution in [3.63, 3.8) is 0 Å². The van der Waals surface area contributed by atoms with Gasteiger partial charge in [0, 0.05) is 19.4 Å². The molecular weight excluding hydrogens is 116 g/mol. The van der Waals surface area contributed by atoms with Crippen LogP contribution >= 0.6 is 0 Å². The molecule has 48 valence electrons. The molecule has 0 aliphatic rings. The number of hydrogen-bond acceptors (Lipinski definition) is 2. The van der Waals surface area contributed by atoms with Gasteiger partial charge in [0.05, 0.1) is 0 Å². The van der Waals surface area contributed by atoms with Crippen molar-refractivity contribution < 1.29 is 4.74 Å². The van der Waals surface area contributed by atoms with Crippen molar-refractivity contribution in [2.45, 2.75) is 0 Å². The number of nitrogens with zero attached hydrogens (tertiary/aromatic N) is 1. The Bertz CT molecular complexity index is 205. The van der Waals surface area contributed by atoms with E-state index in [-0.39, 0.29) is 0 Å². The number of rotatable bonds is 2.